The van der Waals surface area contributed by atoms with Crippen molar-refractivity contribution in [1.29, 1.82) is 0 Å². The van der Waals surface area contributed by atoms with Crippen molar-refractivity contribution in [1.82, 2.24) is 5.32 Å². The van der Waals surface area contributed by atoms with Crippen LogP contribution in [-0.2, 0) is 10.0 Å². The predicted octanol–water partition coefficient (Wildman–Crippen LogP) is 3.90. The Morgan fingerprint density at radius 1 is 1.18 bits per heavy atom. The minimum Gasteiger partial charge on any atom is -0.346 e. The highest BCUT2D eigenvalue weighted by molar-refractivity contribution is 7.90. The lowest BCUT2D eigenvalue weighted by atomic mass is 10.1. The molecule has 0 saturated carbocycles. The molecule has 2 aromatic carbocycles. The quantitative estimate of drug-likeness (QED) is 0.799. The summed E-state index contributed by atoms with van der Waals surface area (Å²) in [6, 6.07) is 14.2. The van der Waals surface area contributed by atoms with E-state index in [-0.39, 0.29) is 16.8 Å². The Morgan fingerprint density at radius 2 is 1.89 bits per heavy atom. The number of unbranched alkanes of at least 4 members (excludes halogenated alkanes) is 1. The number of amidine groups is 1. The Kier molecular flexibility index (Phi) is 5.84. The minimum absolute atomic E-state index is 0.0780. The third kappa shape index (κ3) is 4.09. The van der Waals surface area contributed by atoms with Gasteiger partial charge in [-0.3, -0.25) is 4.79 Å². The van der Waals surface area contributed by atoms with Gasteiger partial charge < -0.3 is 10.2 Å². The molecule has 0 fully saturated rings. The summed E-state index contributed by atoms with van der Waals surface area (Å²) in [7, 11) is -3.82. The predicted molar refractivity (Wildman–Crippen MR) is 111 cm³/mol. The van der Waals surface area contributed by atoms with Gasteiger partial charge in [0.1, 0.15) is 10.7 Å². The number of nitrogens with zero attached hydrogens (tertiary/aromatic N) is 2. The molecule has 1 aliphatic heterocycles. The molecule has 2 aromatic rings. The van der Waals surface area contributed by atoms with E-state index in [9.17, 15) is 13.2 Å². The molecule has 3 rings (SSSR count). The Morgan fingerprint density at radius 3 is 2.57 bits per heavy atom. The second-order valence-corrected chi connectivity index (χ2v) is 8.48. The van der Waals surface area contributed by atoms with E-state index in [1.165, 1.54) is 6.07 Å². The second kappa shape index (κ2) is 8.14. The van der Waals surface area contributed by atoms with Gasteiger partial charge in [-0.15, -0.1) is 4.40 Å². The number of hydrogen-bond acceptors (Lipinski definition) is 4. The number of nitrogens with one attached hydrogen (secondary N) is 1. The topological polar surface area (TPSA) is 78.8 Å². The first-order chi connectivity index (χ1) is 13.3. The first-order valence-electron chi connectivity index (χ1n) is 9.42. The van der Waals surface area contributed by atoms with Crippen LogP contribution in [0.4, 0.5) is 5.69 Å². The lowest BCUT2D eigenvalue weighted by molar-refractivity contribution is 0.0939. The van der Waals surface area contributed by atoms with Gasteiger partial charge in [0.15, 0.2) is 0 Å². The summed E-state index contributed by atoms with van der Waals surface area (Å²) in [4.78, 5) is 14.7. The first kappa shape index (κ1) is 20.1. The molecule has 0 bridgehead atoms. The molecular weight excluding hydrogens is 374 g/mol. The molecule has 1 unspecified atom stereocenters. The molecule has 1 aliphatic rings. The summed E-state index contributed by atoms with van der Waals surface area (Å²) >= 11 is 0. The van der Waals surface area contributed by atoms with Gasteiger partial charge in [-0.25, -0.2) is 0 Å². The molecule has 1 amide bonds. The van der Waals surface area contributed by atoms with Crippen LogP contribution in [0.5, 0.6) is 0 Å². The highest BCUT2D eigenvalue weighted by Gasteiger charge is 2.29. The van der Waals surface area contributed by atoms with Crippen molar-refractivity contribution in [3.63, 3.8) is 0 Å². The van der Waals surface area contributed by atoms with Crippen LogP contribution in [0, 0.1) is 0 Å². The standard InChI is InChI=1S/C21H25N3O3S/c1-4-5-13-24-16(3)23-28(26,27)20-14-18(11-12-19(20)24)21(25)22-15(2)17-9-7-6-8-10-17/h6-12,14-15H,4-5,13H2,1-3H3,(H,22,25). The maximum atomic E-state index is 12.7. The Balaban J connectivity index is 1.89. The lowest BCUT2D eigenvalue weighted by Gasteiger charge is -2.29. The van der Waals surface area contributed by atoms with Gasteiger partial charge in [0, 0.05) is 12.1 Å². The molecule has 1 heterocycles. The molecule has 0 aliphatic carbocycles. The number of carbonyl (C=O) groups is 1. The highest BCUT2D eigenvalue weighted by Crippen LogP contribution is 2.33. The van der Waals surface area contributed by atoms with Gasteiger partial charge in [0.2, 0.25) is 0 Å². The summed E-state index contributed by atoms with van der Waals surface area (Å²) in [6.45, 7) is 6.35. The van der Waals surface area contributed by atoms with Crippen LogP contribution in [-0.4, -0.2) is 26.7 Å². The van der Waals surface area contributed by atoms with Crippen LogP contribution in [0.3, 0.4) is 0 Å². The number of hydrogen-bond donors (Lipinski definition) is 1. The van der Waals surface area contributed by atoms with E-state index in [1.54, 1.807) is 19.1 Å². The SMILES string of the molecule is CCCCN1C(C)=NS(=O)(=O)c2cc(C(=O)NC(C)c3ccccc3)ccc21. The lowest BCUT2D eigenvalue weighted by Crippen LogP contribution is -2.35. The van der Waals surface area contributed by atoms with Crippen LogP contribution >= 0.6 is 0 Å². The van der Waals surface area contributed by atoms with Crippen LogP contribution in [0.2, 0.25) is 0 Å². The van der Waals surface area contributed by atoms with Crippen molar-refractivity contribution >= 4 is 27.5 Å². The molecule has 148 valence electrons. The number of anilines is 1. The largest absolute Gasteiger partial charge is 0.346 e. The second-order valence-electron chi connectivity index (χ2n) is 6.91. The van der Waals surface area contributed by atoms with Gasteiger partial charge >= 0.3 is 0 Å². The first-order valence-corrected chi connectivity index (χ1v) is 10.9. The number of fused-ring (bicyclic) bond motifs is 1. The number of benzene rings is 2. The van der Waals surface area contributed by atoms with E-state index in [2.05, 4.69) is 16.6 Å². The van der Waals surface area contributed by atoms with E-state index >= 15 is 0 Å². The minimum atomic E-state index is -3.82. The fraction of sp³-hybridized carbons (Fsp3) is 0.333. The fourth-order valence-corrected chi connectivity index (χ4v) is 4.50. The highest BCUT2D eigenvalue weighted by atomic mass is 32.2. The maximum absolute atomic E-state index is 12.7. The summed E-state index contributed by atoms with van der Waals surface area (Å²) in [5.41, 5.74) is 1.86. The number of rotatable bonds is 6. The zero-order valence-corrected chi connectivity index (χ0v) is 17.2. The van der Waals surface area contributed by atoms with Crippen LogP contribution in [0.25, 0.3) is 0 Å². The van der Waals surface area contributed by atoms with Crippen molar-refractivity contribution in [3.8, 4) is 0 Å². The van der Waals surface area contributed by atoms with Crippen molar-refractivity contribution in [2.45, 2.75) is 44.6 Å². The van der Waals surface area contributed by atoms with E-state index in [0.29, 0.717) is 23.6 Å². The van der Waals surface area contributed by atoms with Crippen LogP contribution in [0.15, 0.2) is 57.8 Å². The summed E-state index contributed by atoms with van der Waals surface area (Å²) in [5, 5.41) is 2.92. The molecule has 6 nitrogen and oxygen atoms in total. The van der Waals surface area contributed by atoms with Gasteiger partial charge in [-0.2, -0.15) is 8.42 Å². The molecule has 0 radical (unpaired) electrons. The maximum Gasteiger partial charge on any atom is 0.286 e. The normalized spacial score (nSPS) is 16.1. The van der Waals surface area contributed by atoms with Gasteiger partial charge in [-0.1, -0.05) is 43.7 Å². The Bertz CT molecular complexity index is 1000. The van der Waals surface area contributed by atoms with Gasteiger partial charge in [-0.05, 0) is 44.0 Å². The van der Waals surface area contributed by atoms with E-state index in [1.807, 2.05) is 42.2 Å². The monoisotopic (exact) mass is 399 g/mol. The zero-order valence-electron chi connectivity index (χ0n) is 16.3. The van der Waals surface area contributed by atoms with E-state index in [4.69, 9.17) is 0 Å². The molecule has 7 heteroatoms. The summed E-state index contributed by atoms with van der Waals surface area (Å²) in [5.74, 6) is 0.136. The van der Waals surface area contributed by atoms with Crippen molar-refractivity contribution < 1.29 is 13.2 Å². The number of amides is 1. The molecule has 1 atom stereocenters. The Labute approximate surface area is 166 Å². The molecule has 0 saturated heterocycles. The number of sulfonamides is 1. The third-order valence-electron chi connectivity index (χ3n) is 4.82. The smallest absolute Gasteiger partial charge is 0.286 e. The number of carbonyl (C=O) groups excluding carboxylic acids is 1. The van der Waals surface area contributed by atoms with E-state index < -0.39 is 10.0 Å². The average molecular weight is 400 g/mol. The fourth-order valence-electron chi connectivity index (χ4n) is 3.24. The molecule has 0 aromatic heterocycles. The molecule has 0 spiro atoms. The third-order valence-corrected chi connectivity index (χ3v) is 6.20. The van der Waals surface area contributed by atoms with Gasteiger partial charge in [0.25, 0.3) is 15.9 Å². The summed E-state index contributed by atoms with van der Waals surface area (Å²) in [6.07, 6.45) is 1.91. The summed E-state index contributed by atoms with van der Waals surface area (Å²) < 4.78 is 29.0. The average Bonchev–Trinajstić information content (AvgIpc) is 2.67. The van der Waals surface area contributed by atoms with E-state index in [0.717, 1.165) is 18.4 Å². The van der Waals surface area contributed by atoms with Crippen LogP contribution in [0.1, 0.15) is 55.6 Å². The van der Waals surface area contributed by atoms with Crippen molar-refractivity contribution in [2.24, 2.45) is 4.40 Å². The van der Waals surface area contributed by atoms with Gasteiger partial charge in [0.05, 0.1) is 11.7 Å². The Hall–Kier alpha value is -2.67. The molecule has 28 heavy (non-hydrogen) atoms. The molecular formula is C21H25N3O3S. The zero-order chi connectivity index (χ0) is 20.3. The van der Waals surface area contributed by atoms with Crippen molar-refractivity contribution in [3.05, 3.63) is 59.7 Å². The van der Waals surface area contributed by atoms with Crippen LogP contribution < -0.4 is 10.2 Å². The molecule has 1 N–H and O–H groups in total. The van der Waals surface area contributed by atoms with Crippen molar-refractivity contribution in [2.75, 3.05) is 11.4 Å².